The Morgan fingerprint density at radius 2 is 1.92 bits per heavy atom. The molecule has 1 aromatic rings. The average molecular weight is 350 g/mol. The first-order valence-electron chi connectivity index (χ1n) is 9.95. The van der Waals surface area contributed by atoms with E-state index in [1.807, 2.05) is 13.0 Å². The van der Waals surface area contributed by atoms with Crippen LogP contribution >= 0.6 is 0 Å². The van der Waals surface area contributed by atoms with E-state index in [2.05, 4.69) is 34.6 Å². The van der Waals surface area contributed by atoms with Gasteiger partial charge in [-0.2, -0.15) is 0 Å². The largest absolute Gasteiger partial charge is 0.465 e. The summed E-state index contributed by atoms with van der Waals surface area (Å²) in [5.41, 5.74) is 0. The Labute approximate surface area is 152 Å². The summed E-state index contributed by atoms with van der Waals surface area (Å²) in [6.45, 7) is 13.4. The van der Waals surface area contributed by atoms with Crippen molar-refractivity contribution in [3.8, 4) is 0 Å². The van der Waals surface area contributed by atoms with Gasteiger partial charge in [0, 0.05) is 44.4 Å². The Morgan fingerprint density at radius 3 is 2.52 bits per heavy atom. The lowest BCUT2D eigenvalue weighted by Gasteiger charge is -2.48. The summed E-state index contributed by atoms with van der Waals surface area (Å²) < 4.78 is 5.75. The molecule has 0 spiro atoms. The van der Waals surface area contributed by atoms with E-state index in [9.17, 15) is 5.11 Å². The zero-order valence-electron chi connectivity index (χ0n) is 16.2. The Kier molecular flexibility index (Phi) is 6.55. The molecule has 0 amide bonds. The van der Waals surface area contributed by atoms with E-state index in [1.54, 1.807) is 0 Å². The summed E-state index contributed by atoms with van der Waals surface area (Å²) in [5.74, 6) is 2.04. The van der Waals surface area contributed by atoms with E-state index in [0.29, 0.717) is 18.1 Å². The van der Waals surface area contributed by atoms with Crippen LogP contribution < -0.4 is 0 Å². The van der Waals surface area contributed by atoms with Gasteiger partial charge in [0.25, 0.3) is 0 Å². The van der Waals surface area contributed by atoms with Gasteiger partial charge in [0.05, 0.1) is 6.54 Å². The van der Waals surface area contributed by atoms with Crippen LogP contribution in [0.2, 0.25) is 0 Å². The van der Waals surface area contributed by atoms with Crippen LogP contribution in [0.5, 0.6) is 0 Å². The lowest BCUT2D eigenvalue weighted by molar-refractivity contribution is -0.00166. The van der Waals surface area contributed by atoms with Crippen LogP contribution in [-0.2, 0) is 6.54 Å². The summed E-state index contributed by atoms with van der Waals surface area (Å²) in [6.07, 6.45) is 3.40. The highest BCUT2D eigenvalue weighted by atomic mass is 16.3. The van der Waals surface area contributed by atoms with Crippen molar-refractivity contribution in [3.63, 3.8) is 0 Å². The molecule has 2 aliphatic heterocycles. The maximum Gasteiger partial charge on any atom is 0.118 e. The summed E-state index contributed by atoms with van der Waals surface area (Å²) in [5, 5.41) is 9.56. The molecule has 0 saturated carbocycles. The molecule has 2 fully saturated rings. The van der Waals surface area contributed by atoms with E-state index in [-0.39, 0.29) is 6.61 Å². The molecule has 5 nitrogen and oxygen atoms in total. The number of aryl methyl sites for hydroxylation is 1. The molecule has 1 atom stereocenters. The second kappa shape index (κ2) is 8.67. The molecule has 2 aliphatic rings. The molecule has 0 radical (unpaired) electrons. The highest BCUT2D eigenvalue weighted by Gasteiger charge is 2.34. The fraction of sp³-hybridized carbons (Fsp3) is 0.800. The van der Waals surface area contributed by atoms with Gasteiger partial charge in [-0.15, -0.1) is 0 Å². The van der Waals surface area contributed by atoms with Gasteiger partial charge in [-0.3, -0.25) is 9.80 Å². The quantitative estimate of drug-likeness (QED) is 0.854. The van der Waals surface area contributed by atoms with Crippen LogP contribution in [0.15, 0.2) is 16.5 Å². The number of hydrogen-bond donors (Lipinski definition) is 1. The zero-order chi connectivity index (χ0) is 17.8. The predicted molar refractivity (Wildman–Crippen MR) is 101 cm³/mol. The average Bonchev–Trinajstić information content (AvgIpc) is 3.00. The van der Waals surface area contributed by atoms with Crippen LogP contribution in [0.3, 0.4) is 0 Å². The molecule has 2 saturated heterocycles. The van der Waals surface area contributed by atoms with Crippen molar-refractivity contribution in [2.24, 2.45) is 0 Å². The maximum absolute atomic E-state index is 9.56. The number of likely N-dealkylation sites (tertiary alicyclic amines) is 1. The third-order valence-corrected chi connectivity index (χ3v) is 5.95. The Balaban J connectivity index is 1.56. The minimum atomic E-state index is 0.277. The first-order chi connectivity index (χ1) is 12.1. The van der Waals surface area contributed by atoms with Crippen molar-refractivity contribution < 1.29 is 9.52 Å². The SMILES string of the molecule is Cc1ccc(CN2CCN(C3CCN(C(C)C)CC3)[C@H](CCO)C2)o1. The van der Waals surface area contributed by atoms with Crippen LogP contribution in [-0.4, -0.2) is 77.3 Å². The van der Waals surface area contributed by atoms with Crippen molar-refractivity contribution in [2.75, 3.05) is 39.3 Å². The third-order valence-electron chi connectivity index (χ3n) is 5.95. The van der Waals surface area contributed by atoms with Gasteiger partial charge in [-0.25, -0.2) is 0 Å². The Hall–Kier alpha value is -0.880. The molecule has 3 rings (SSSR count). The number of aliphatic hydroxyl groups excluding tert-OH is 1. The summed E-state index contributed by atoms with van der Waals surface area (Å²) in [7, 11) is 0. The fourth-order valence-corrected chi connectivity index (χ4v) is 4.49. The molecule has 0 unspecified atom stereocenters. The van der Waals surface area contributed by atoms with Crippen molar-refractivity contribution >= 4 is 0 Å². The van der Waals surface area contributed by atoms with Crippen LogP contribution in [0.1, 0.15) is 44.6 Å². The van der Waals surface area contributed by atoms with Crippen molar-refractivity contribution in [1.29, 1.82) is 0 Å². The molecule has 3 heterocycles. The third kappa shape index (κ3) is 4.85. The number of rotatable bonds is 6. The Morgan fingerprint density at radius 1 is 1.16 bits per heavy atom. The second-order valence-electron chi connectivity index (χ2n) is 8.01. The lowest BCUT2D eigenvalue weighted by atomic mass is 9.97. The molecule has 1 aromatic heterocycles. The molecule has 25 heavy (non-hydrogen) atoms. The van der Waals surface area contributed by atoms with Gasteiger partial charge in [0.1, 0.15) is 11.5 Å². The number of piperazine rings is 1. The van der Waals surface area contributed by atoms with Gasteiger partial charge < -0.3 is 14.4 Å². The summed E-state index contributed by atoms with van der Waals surface area (Å²) in [4.78, 5) is 7.77. The molecule has 0 bridgehead atoms. The van der Waals surface area contributed by atoms with Crippen molar-refractivity contribution in [1.82, 2.24) is 14.7 Å². The van der Waals surface area contributed by atoms with E-state index in [4.69, 9.17) is 4.42 Å². The first-order valence-corrected chi connectivity index (χ1v) is 9.95. The fourth-order valence-electron chi connectivity index (χ4n) is 4.49. The topological polar surface area (TPSA) is 43.1 Å². The van der Waals surface area contributed by atoms with Crippen molar-refractivity contribution in [3.05, 3.63) is 23.7 Å². The molecular weight excluding hydrogens is 314 g/mol. The predicted octanol–water partition coefficient (Wildman–Crippen LogP) is 2.33. The molecule has 0 aliphatic carbocycles. The van der Waals surface area contributed by atoms with Crippen LogP contribution in [0.4, 0.5) is 0 Å². The Bertz CT molecular complexity index is 523. The highest BCUT2D eigenvalue weighted by molar-refractivity contribution is 5.05. The molecule has 5 heteroatoms. The van der Waals surface area contributed by atoms with Gasteiger partial charge in [0.15, 0.2) is 0 Å². The van der Waals surface area contributed by atoms with Crippen LogP contribution in [0.25, 0.3) is 0 Å². The van der Waals surface area contributed by atoms with E-state index < -0.39 is 0 Å². The van der Waals surface area contributed by atoms with Crippen molar-refractivity contribution in [2.45, 2.75) is 64.7 Å². The minimum absolute atomic E-state index is 0.277. The van der Waals surface area contributed by atoms with Gasteiger partial charge in [0.2, 0.25) is 0 Å². The standard InChI is InChI=1S/C20H35N3O2/c1-16(2)22-9-6-18(7-10-22)23-12-11-21(14-19(23)8-13-24)15-20-5-4-17(3)25-20/h4-5,16,18-19,24H,6-15H2,1-3H3/t19-/m1/s1. The van der Waals surface area contributed by atoms with Crippen LogP contribution in [0, 0.1) is 6.92 Å². The molecular formula is C20H35N3O2. The summed E-state index contributed by atoms with van der Waals surface area (Å²) in [6, 6.07) is 5.93. The van der Waals surface area contributed by atoms with E-state index in [0.717, 1.165) is 44.1 Å². The normalized spacial score (nSPS) is 25.1. The summed E-state index contributed by atoms with van der Waals surface area (Å²) >= 11 is 0. The monoisotopic (exact) mass is 349 g/mol. The molecule has 142 valence electrons. The van der Waals surface area contributed by atoms with E-state index in [1.165, 1.54) is 25.9 Å². The van der Waals surface area contributed by atoms with Gasteiger partial charge in [-0.1, -0.05) is 0 Å². The highest BCUT2D eigenvalue weighted by Crippen LogP contribution is 2.25. The number of piperidine rings is 1. The van der Waals surface area contributed by atoms with E-state index >= 15 is 0 Å². The smallest absolute Gasteiger partial charge is 0.118 e. The first kappa shape index (κ1) is 18.9. The number of aliphatic hydroxyl groups is 1. The second-order valence-corrected chi connectivity index (χ2v) is 8.01. The number of nitrogens with zero attached hydrogens (tertiary/aromatic N) is 3. The number of furan rings is 1. The zero-order valence-corrected chi connectivity index (χ0v) is 16.2. The van der Waals surface area contributed by atoms with Gasteiger partial charge in [-0.05, 0) is 65.3 Å². The minimum Gasteiger partial charge on any atom is -0.465 e. The molecule has 0 aromatic carbocycles. The number of hydrogen-bond acceptors (Lipinski definition) is 5. The molecule has 1 N–H and O–H groups in total. The maximum atomic E-state index is 9.56. The lowest BCUT2D eigenvalue weighted by Crippen LogP contribution is -2.58. The van der Waals surface area contributed by atoms with Gasteiger partial charge >= 0.3 is 0 Å².